The number of aromatic nitrogens is 1. The zero-order chi connectivity index (χ0) is 14.6. The minimum atomic E-state index is 0.186. The second-order valence-electron chi connectivity index (χ2n) is 5.54. The van der Waals surface area contributed by atoms with Crippen LogP contribution in [0.5, 0.6) is 11.6 Å². The molecule has 1 heterocycles. The third-order valence-corrected chi connectivity index (χ3v) is 3.80. The summed E-state index contributed by atoms with van der Waals surface area (Å²) >= 11 is 0. The lowest BCUT2D eigenvalue weighted by atomic mass is 9.82. The van der Waals surface area contributed by atoms with Gasteiger partial charge < -0.3 is 10.5 Å². The Morgan fingerprint density at radius 3 is 2.45 bits per heavy atom. The SMILES string of the molecule is CCC(C)(C)c1ccc(Oc2ncccc2CN)cc1. The van der Waals surface area contributed by atoms with Crippen molar-refractivity contribution in [2.24, 2.45) is 5.73 Å². The number of hydrogen-bond donors (Lipinski definition) is 1. The quantitative estimate of drug-likeness (QED) is 0.892. The fourth-order valence-electron chi connectivity index (χ4n) is 1.96. The molecular formula is C17H22N2O. The maximum absolute atomic E-state index is 5.81. The van der Waals surface area contributed by atoms with E-state index in [2.05, 4.69) is 37.9 Å². The van der Waals surface area contributed by atoms with Gasteiger partial charge in [-0.25, -0.2) is 4.98 Å². The van der Waals surface area contributed by atoms with Gasteiger partial charge in [0.2, 0.25) is 5.88 Å². The molecule has 1 aromatic carbocycles. The van der Waals surface area contributed by atoms with Crippen LogP contribution in [0.15, 0.2) is 42.6 Å². The second-order valence-corrected chi connectivity index (χ2v) is 5.54. The van der Waals surface area contributed by atoms with Crippen LogP contribution >= 0.6 is 0 Å². The van der Waals surface area contributed by atoms with Gasteiger partial charge in [-0.1, -0.05) is 39.0 Å². The van der Waals surface area contributed by atoms with Crippen molar-refractivity contribution in [3.05, 3.63) is 53.7 Å². The fraction of sp³-hybridized carbons (Fsp3) is 0.353. The molecule has 2 N–H and O–H groups in total. The summed E-state index contributed by atoms with van der Waals surface area (Å²) in [6.45, 7) is 7.11. The first kappa shape index (κ1) is 14.5. The molecular weight excluding hydrogens is 248 g/mol. The lowest BCUT2D eigenvalue weighted by Gasteiger charge is -2.23. The molecule has 0 saturated heterocycles. The Morgan fingerprint density at radius 2 is 1.85 bits per heavy atom. The van der Waals surface area contributed by atoms with Crippen molar-refractivity contribution in [2.75, 3.05) is 0 Å². The Morgan fingerprint density at radius 1 is 1.15 bits per heavy atom. The molecule has 0 aliphatic rings. The molecule has 0 radical (unpaired) electrons. The molecule has 20 heavy (non-hydrogen) atoms. The van der Waals surface area contributed by atoms with Crippen LogP contribution in [0.1, 0.15) is 38.3 Å². The molecule has 0 atom stereocenters. The molecule has 0 spiro atoms. The van der Waals surface area contributed by atoms with Crippen molar-refractivity contribution in [3.63, 3.8) is 0 Å². The molecule has 0 unspecified atom stereocenters. The van der Waals surface area contributed by atoms with Gasteiger partial charge in [-0.3, -0.25) is 0 Å². The molecule has 0 fully saturated rings. The van der Waals surface area contributed by atoms with Crippen LogP contribution in [-0.2, 0) is 12.0 Å². The zero-order valence-corrected chi connectivity index (χ0v) is 12.4. The number of pyridine rings is 1. The summed E-state index contributed by atoms with van der Waals surface area (Å²) < 4.78 is 5.81. The predicted octanol–water partition coefficient (Wildman–Crippen LogP) is 4.02. The van der Waals surface area contributed by atoms with Crippen LogP contribution in [0.25, 0.3) is 0 Å². The van der Waals surface area contributed by atoms with E-state index in [1.165, 1.54) is 5.56 Å². The number of rotatable bonds is 5. The van der Waals surface area contributed by atoms with Crippen molar-refractivity contribution in [2.45, 2.75) is 39.2 Å². The van der Waals surface area contributed by atoms with Crippen LogP contribution in [-0.4, -0.2) is 4.98 Å². The first-order chi connectivity index (χ1) is 9.56. The first-order valence-electron chi connectivity index (χ1n) is 6.99. The highest BCUT2D eigenvalue weighted by atomic mass is 16.5. The largest absolute Gasteiger partial charge is 0.439 e. The van der Waals surface area contributed by atoms with Crippen LogP contribution in [0.2, 0.25) is 0 Å². The Hall–Kier alpha value is -1.87. The number of nitrogens with zero attached hydrogens (tertiary/aromatic N) is 1. The van der Waals surface area contributed by atoms with Gasteiger partial charge in [-0.05, 0) is 35.6 Å². The van der Waals surface area contributed by atoms with E-state index in [4.69, 9.17) is 10.5 Å². The Balaban J connectivity index is 2.19. The van der Waals surface area contributed by atoms with Gasteiger partial charge in [-0.2, -0.15) is 0 Å². The molecule has 2 aromatic rings. The van der Waals surface area contributed by atoms with Crippen LogP contribution in [0.4, 0.5) is 0 Å². The van der Waals surface area contributed by atoms with Gasteiger partial charge in [-0.15, -0.1) is 0 Å². The average molecular weight is 270 g/mol. The maximum atomic E-state index is 5.81. The zero-order valence-electron chi connectivity index (χ0n) is 12.4. The topological polar surface area (TPSA) is 48.1 Å². The maximum Gasteiger partial charge on any atom is 0.223 e. The van der Waals surface area contributed by atoms with E-state index in [1.54, 1.807) is 6.20 Å². The number of benzene rings is 1. The van der Waals surface area contributed by atoms with Crippen LogP contribution < -0.4 is 10.5 Å². The normalized spacial score (nSPS) is 11.4. The van der Waals surface area contributed by atoms with E-state index in [9.17, 15) is 0 Å². The number of nitrogens with two attached hydrogens (primary N) is 1. The fourth-order valence-corrected chi connectivity index (χ4v) is 1.96. The van der Waals surface area contributed by atoms with Crippen molar-refractivity contribution >= 4 is 0 Å². The van der Waals surface area contributed by atoms with Crippen molar-refractivity contribution < 1.29 is 4.74 Å². The summed E-state index contributed by atoms with van der Waals surface area (Å²) in [5.74, 6) is 1.37. The van der Waals surface area contributed by atoms with Crippen molar-refractivity contribution in [3.8, 4) is 11.6 Å². The number of hydrogen-bond acceptors (Lipinski definition) is 3. The molecule has 3 heteroatoms. The van der Waals surface area contributed by atoms with E-state index >= 15 is 0 Å². The summed E-state index contributed by atoms with van der Waals surface area (Å²) in [4.78, 5) is 4.23. The van der Waals surface area contributed by atoms with Gasteiger partial charge in [0, 0.05) is 18.3 Å². The minimum absolute atomic E-state index is 0.186. The van der Waals surface area contributed by atoms with Gasteiger partial charge >= 0.3 is 0 Å². The monoisotopic (exact) mass is 270 g/mol. The van der Waals surface area contributed by atoms with E-state index in [-0.39, 0.29) is 5.41 Å². The molecule has 0 aliphatic heterocycles. The van der Waals surface area contributed by atoms with E-state index in [1.807, 2.05) is 24.3 Å². The number of ether oxygens (including phenoxy) is 1. The van der Waals surface area contributed by atoms with Gasteiger partial charge in [0.25, 0.3) is 0 Å². The molecule has 3 nitrogen and oxygen atoms in total. The third-order valence-electron chi connectivity index (χ3n) is 3.80. The van der Waals surface area contributed by atoms with Crippen LogP contribution in [0, 0.1) is 0 Å². The van der Waals surface area contributed by atoms with E-state index in [0.717, 1.165) is 17.7 Å². The molecule has 1 aromatic heterocycles. The van der Waals surface area contributed by atoms with E-state index < -0.39 is 0 Å². The standard InChI is InChI=1S/C17H22N2O/c1-4-17(2,3)14-7-9-15(10-8-14)20-16-13(12-18)6-5-11-19-16/h5-11H,4,12,18H2,1-3H3. The summed E-state index contributed by atoms with van der Waals surface area (Å²) in [5, 5.41) is 0. The van der Waals surface area contributed by atoms with Gasteiger partial charge in [0.05, 0.1) is 0 Å². The lowest BCUT2D eigenvalue weighted by Crippen LogP contribution is -2.14. The summed E-state index contributed by atoms with van der Waals surface area (Å²) in [5.41, 5.74) is 8.09. The molecule has 0 amide bonds. The first-order valence-corrected chi connectivity index (χ1v) is 6.99. The molecule has 0 saturated carbocycles. The van der Waals surface area contributed by atoms with E-state index in [0.29, 0.717) is 12.4 Å². The highest BCUT2D eigenvalue weighted by Crippen LogP contribution is 2.29. The Bertz CT molecular complexity index is 561. The smallest absolute Gasteiger partial charge is 0.223 e. The summed E-state index contributed by atoms with van der Waals surface area (Å²) in [7, 11) is 0. The highest BCUT2D eigenvalue weighted by Gasteiger charge is 2.17. The molecule has 0 bridgehead atoms. The molecule has 2 rings (SSSR count). The van der Waals surface area contributed by atoms with Gasteiger partial charge in [0.15, 0.2) is 0 Å². The molecule has 106 valence electrons. The van der Waals surface area contributed by atoms with Gasteiger partial charge in [0.1, 0.15) is 5.75 Å². The van der Waals surface area contributed by atoms with Crippen molar-refractivity contribution in [1.82, 2.24) is 4.98 Å². The summed E-state index contributed by atoms with van der Waals surface area (Å²) in [6.07, 6.45) is 2.81. The lowest BCUT2D eigenvalue weighted by molar-refractivity contribution is 0.454. The van der Waals surface area contributed by atoms with Crippen molar-refractivity contribution in [1.29, 1.82) is 0 Å². The summed E-state index contributed by atoms with van der Waals surface area (Å²) in [6, 6.07) is 12.0. The Kier molecular flexibility index (Phi) is 4.40. The molecule has 0 aliphatic carbocycles. The minimum Gasteiger partial charge on any atom is -0.439 e. The Labute approximate surface area is 120 Å². The highest BCUT2D eigenvalue weighted by molar-refractivity contribution is 5.35. The van der Waals surface area contributed by atoms with Crippen LogP contribution in [0.3, 0.4) is 0 Å². The third kappa shape index (κ3) is 3.17. The average Bonchev–Trinajstić information content (AvgIpc) is 2.48. The predicted molar refractivity (Wildman–Crippen MR) is 82.0 cm³/mol. The second kappa shape index (κ2) is 6.06.